The van der Waals surface area contributed by atoms with E-state index in [2.05, 4.69) is 42.3 Å². The molecule has 8 nitrogen and oxygen atoms in total. The Hall–Kier alpha value is -2.84. The lowest BCUT2D eigenvalue weighted by atomic mass is 9.93. The van der Waals surface area contributed by atoms with Crippen LogP contribution < -0.4 is 5.43 Å². The fourth-order valence-electron chi connectivity index (χ4n) is 4.56. The zero-order chi connectivity index (χ0) is 20.5. The van der Waals surface area contributed by atoms with Crippen LogP contribution in [0.1, 0.15) is 40.9 Å². The van der Waals surface area contributed by atoms with E-state index in [1.807, 2.05) is 6.08 Å². The predicted molar refractivity (Wildman–Crippen MR) is 115 cm³/mol. The molecular weight excluding hydrogens is 378 g/mol. The third-order valence-corrected chi connectivity index (χ3v) is 6.31. The van der Waals surface area contributed by atoms with Gasteiger partial charge in [-0.1, -0.05) is 0 Å². The maximum absolute atomic E-state index is 12.6. The number of amides is 1. The lowest BCUT2D eigenvalue weighted by molar-refractivity contribution is -0.116. The SMILES string of the molecule is CN1CCN(Cc2c(C=C3C(=O)NN=C3c3cncnc3)[nH]c3c2CCCC3)CC1. The van der Waals surface area contributed by atoms with Crippen molar-refractivity contribution in [2.75, 3.05) is 33.2 Å². The van der Waals surface area contributed by atoms with E-state index in [1.54, 1.807) is 12.4 Å². The van der Waals surface area contributed by atoms with E-state index in [0.717, 1.165) is 56.8 Å². The largest absolute Gasteiger partial charge is 0.358 e. The molecule has 5 rings (SSSR count). The Morgan fingerprint density at radius 1 is 1.10 bits per heavy atom. The number of aromatic amines is 1. The van der Waals surface area contributed by atoms with Gasteiger partial charge in [0.2, 0.25) is 0 Å². The number of hydrogen-bond donors (Lipinski definition) is 2. The van der Waals surface area contributed by atoms with Crippen LogP contribution in [0.2, 0.25) is 0 Å². The molecule has 3 aliphatic rings. The lowest BCUT2D eigenvalue weighted by Crippen LogP contribution is -2.44. The second-order valence-corrected chi connectivity index (χ2v) is 8.35. The van der Waals surface area contributed by atoms with E-state index in [0.29, 0.717) is 11.3 Å². The molecule has 1 fully saturated rings. The molecule has 2 N–H and O–H groups in total. The summed E-state index contributed by atoms with van der Waals surface area (Å²) < 4.78 is 0. The number of hydrogen-bond acceptors (Lipinski definition) is 6. The predicted octanol–water partition coefficient (Wildman–Crippen LogP) is 1.35. The zero-order valence-electron chi connectivity index (χ0n) is 17.3. The minimum absolute atomic E-state index is 0.188. The first-order valence-electron chi connectivity index (χ1n) is 10.7. The number of aromatic nitrogens is 3. The van der Waals surface area contributed by atoms with Crippen LogP contribution in [0.15, 0.2) is 29.4 Å². The van der Waals surface area contributed by atoms with Crippen LogP contribution in [0, 0.1) is 0 Å². The van der Waals surface area contributed by atoms with Crippen molar-refractivity contribution in [2.45, 2.75) is 32.2 Å². The highest BCUT2D eigenvalue weighted by molar-refractivity contribution is 6.33. The van der Waals surface area contributed by atoms with Gasteiger partial charge in [-0.25, -0.2) is 15.4 Å². The molecule has 8 heteroatoms. The van der Waals surface area contributed by atoms with E-state index in [9.17, 15) is 4.79 Å². The lowest BCUT2D eigenvalue weighted by Gasteiger charge is -2.32. The van der Waals surface area contributed by atoms with E-state index in [1.165, 1.54) is 36.0 Å². The number of nitrogens with one attached hydrogen (secondary N) is 2. The molecule has 1 amide bonds. The topological polar surface area (TPSA) is 89.5 Å². The van der Waals surface area contributed by atoms with Crippen LogP contribution in [0.4, 0.5) is 0 Å². The highest BCUT2D eigenvalue weighted by Gasteiger charge is 2.27. The average molecular weight is 406 g/mol. The number of fused-ring (bicyclic) bond motifs is 1. The summed E-state index contributed by atoms with van der Waals surface area (Å²) in [4.78, 5) is 29.3. The molecule has 0 saturated carbocycles. The molecule has 156 valence electrons. The molecule has 30 heavy (non-hydrogen) atoms. The van der Waals surface area contributed by atoms with E-state index < -0.39 is 0 Å². The number of hydrazone groups is 1. The summed E-state index contributed by atoms with van der Waals surface area (Å²) in [5.74, 6) is -0.188. The molecule has 4 heterocycles. The molecular formula is C22H27N7O. The average Bonchev–Trinajstić information content (AvgIpc) is 3.31. The van der Waals surface area contributed by atoms with Crippen LogP contribution >= 0.6 is 0 Å². The quantitative estimate of drug-likeness (QED) is 0.750. The number of carbonyl (C=O) groups is 1. The summed E-state index contributed by atoms with van der Waals surface area (Å²) in [7, 11) is 2.18. The van der Waals surface area contributed by atoms with Crippen molar-refractivity contribution >= 4 is 17.7 Å². The Labute approximate surface area is 176 Å². The van der Waals surface area contributed by atoms with Crippen LogP contribution in [0.3, 0.4) is 0 Å². The number of piperazine rings is 1. The maximum atomic E-state index is 12.6. The minimum Gasteiger partial charge on any atom is -0.358 e. The van der Waals surface area contributed by atoms with E-state index in [-0.39, 0.29) is 5.91 Å². The standard InChI is InChI=1S/C22H27N7O/c1-28-6-8-29(9-7-28)13-18-16-4-2-3-5-19(16)25-20(18)10-17-21(26-27-22(17)30)15-11-23-14-24-12-15/h10-12,14,25H,2-9,13H2,1H3,(H,27,30). The van der Waals surface area contributed by atoms with Gasteiger partial charge in [0.25, 0.3) is 5.91 Å². The van der Waals surface area contributed by atoms with Gasteiger partial charge in [0.15, 0.2) is 0 Å². The third-order valence-electron chi connectivity index (χ3n) is 6.31. The number of rotatable bonds is 4. The second kappa shape index (κ2) is 8.12. The first-order valence-corrected chi connectivity index (χ1v) is 10.7. The normalized spacial score (nSPS) is 21.6. The molecule has 2 aromatic heterocycles. The Balaban J connectivity index is 1.51. The summed E-state index contributed by atoms with van der Waals surface area (Å²) in [5.41, 5.74) is 9.65. The second-order valence-electron chi connectivity index (χ2n) is 8.35. The minimum atomic E-state index is -0.188. The van der Waals surface area contributed by atoms with Gasteiger partial charge >= 0.3 is 0 Å². The number of H-pyrrole nitrogens is 1. The highest BCUT2D eigenvalue weighted by Crippen LogP contribution is 2.30. The van der Waals surface area contributed by atoms with Gasteiger partial charge in [0, 0.05) is 62.1 Å². The molecule has 1 aliphatic carbocycles. The molecule has 2 aromatic rings. The maximum Gasteiger partial charge on any atom is 0.273 e. The summed E-state index contributed by atoms with van der Waals surface area (Å²) in [6.07, 6.45) is 11.4. The zero-order valence-corrected chi connectivity index (χ0v) is 17.3. The highest BCUT2D eigenvalue weighted by atomic mass is 16.2. The van der Waals surface area contributed by atoms with Gasteiger partial charge in [-0.15, -0.1) is 0 Å². The first-order chi connectivity index (χ1) is 14.7. The Kier molecular flexibility index (Phi) is 5.18. The van der Waals surface area contributed by atoms with Crippen molar-refractivity contribution < 1.29 is 4.79 Å². The molecule has 0 atom stereocenters. The summed E-state index contributed by atoms with van der Waals surface area (Å²) in [6.45, 7) is 5.25. The van der Waals surface area contributed by atoms with Crippen molar-refractivity contribution in [3.8, 4) is 0 Å². The van der Waals surface area contributed by atoms with Crippen molar-refractivity contribution in [3.63, 3.8) is 0 Å². The fraction of sp³-hybridized carbons (Fsp3) is 0.455. The molecule has 2 aliphatic heterocycles. The van der Waals surface area contributed by atoms with Crippen molar-refractivity contribution in [1.82, 2.24) is 30.2 Å². The van der Waals surface area contributed by atoms with Crippen LogP contribution in [0.25, 0.3) is 6.08 Å². The number of likely N-dealkylation sites (N-methyl/N-ethyl adjacent to an activating group) is 1. The number of nitrogens with zero attached hydrogens (tertiary/aromatic N) is 5. The monoisotopic (exact) mass is 405 g/mol. The van der Waals surface area contributed by atoms with Gasteiger partial charge in [-0.05, 0) is 49.9 Å². The molecule has 0 spiro atoms. The summed E-state index contributed by atoms with van der Waals surface area (Å²) in [5, 5.41) is 4.24. The third kappa shape index (κ3) is 3.68. The van der Waals surface area contributed by atoms with Gasteiger partial charge in [0.05, 0.1) is 5.57 Å². The van der Waals surface area contributed by atoms with Crippen molar-refractivity contribution in [1.29, 1.82) is 0 Å². The van der Waals surface area contributed by atoms with E-state index >= 15 is 0 Å². The molecule has 0 unspecified atom stereocenters. The molecule has 0 aromatic carbocycles. The Morgan fingerprint density at radius 3 is 2.67 bits per heavy atom. The van der Waals surface area contributed by atoms with Gasteiger partial charge in [-0.2, -0.15) is 5.10 Å². The van der Waals surface area contributed by atoms with Crippen molar-refractivity contribution in [2.24, 2.45) is 5.10 Å². The Bertz CT molecular complexity index is 1000. The first kappa shape index (κ1) is 19.1. The molecule has 1 saturated heterocycles. The molecule has 0 bridgehead atoms. The summed E-state index contributed by atoms with van der Waals surface area (Å²) >= 11 is 0. The fourth-order valence-corrected chi connectivity index (χ4v) is 4.56. The van der Waals surface area contributed by atoms with E-state index in [4.69, 9.17) is 0 Å². The van der Waals surface area contributed by atoms with Gasteiger partial charge in [-0.3, -0.25) is 9.69 Å². The van der Waals surface area contributed by atoms with Crippen LogP contribution in [-0.2, 0) is 24.2 Å². The van der Waals surface area contributed by atoms with Crippen molar-refractivity contribution in [3.05, 3.63) is 52.4 Å². The van der Waals surface area contributed by atoms with Crippen LogP contribution in [-0.4, -0.2) is 69.6 Å². The number of aryl methyl sites for hydroxylation is 1. The van der Waals surface area contributed by atoms with Gasteiger partial charge in [0.1, 0.15) is 12.0 Å². The van der Waals surface area contributed by atoms with Gasteiger partial charge < -0.3 is 9.88 Å². The van der Waals surface area contributed by atoms with Crippen LogP contribution in [0.5, 0.6) is 0 Å². The molecule has 0 radical (unpaired) electrons. The smallest absolute Gasteiger partial charge is 0.273 e. The Morgan fingerprint density at radius 2 is 1.87 bits per heavy atom. The summed E-state index contributed by atoms with van der Waals surface area (Å²) in [6, 6.07) is 0. The number of carbonyl (C=O) groups excluding carboxylic acids is 1.